The maximum absolute atomic E-state index is 11.9. The van der Waals surface area contributed by atoms with Gasteiger partial charge in [-0.15, -0.1) is 4.91 Å². The highest BCUT2D eigenvalue weighted by Crippen LogP contribution is 2.09. The Bertz CT molecular complexity index is 515. The van der Waals surface area contributed by atoms with Crippen LogP contribution >= 0.6 is 0 Å². The van der Waals surface area contributed by atoms with Crippen LogP contribution in [0.2, 0.25) is 0 Å². The molecule has 17 heavy (non-hydrogen) atoms. The van der Waals surface area contributed by atoms with Crippen molar-refractivity contribution in [2.45, 2.75) is 26.8 Å². The van der Waals surface area contributed by atoms with Gasteiger partial charge in [-0.2, -0.15) is 0 Å². The summed E-state index contributed by atoms with van der Waals surface area (Å²) >= 11 is 0. The maximum atomic E-state index is 11.9. The third kappa shape index (κ3) is 2.88. The van der Waals surface area contributed by atoms with Gasteiger partial charge >= 0.3 is 5.69 Å². The van der Waals surface area contributed by atoms with E-state index in [2.05, 4.69) is 10.2 Å². The van der Waals surface area contributed by atoms with Crippen LogP contribution in [0.25, 0.3) is 0 Å². The molecule has 7 heteroatoms. The Labute approximate surface area is 97.6 Å². The molecule has 0 spiro atoms. The first kappa shape index (κ1) is 13.3. The van der Waals surface area contributed by atoms with Gasteiger partial charge in [0.15, 0.2) is 5.69 Å². The van der Waals surface area contributed by atoms with Crippen molar-refractivity contribution in [3.63, 3.8) is 0 Å². The minimum atomic E-state index is -0.652. The lowest BCUT2D eigenvalue weighted by Crippen LogP contribution is -2.37. The van der Waals surface area contributed by atoms with Crippen molar-refractivity contribution < 1.29 is 0 Å². The molecule has 7 nitrogen and oxygen atoms in total. The number of nitrogens with one attached hydrogen (secondary N) is 1. The SMILES string of the molecule is CC(C)Cn1c(=O)[nH]c(CCN)c(N=O)c1=O. The van der Waals surface area contributed by atoms with E-state index >= 15 is 0 Å². The summed E-state index contributed by atoms with van der Waals surface area (Å²) in [7, 11) is 0. The number of aromatic nitrogens is 2. The molecule has 1 aromatic rings. The van der Waals surface area contributed by atoms with Crippen molar-refractivity contribution in [3.8, 4) is 0 Å². The lowest BCUT2D eigenvalue weighted by Gasteiger charge is -2.09. The minimum Gasteiger partial charge on any atom is -0.330 e. The fourth-order valence-electron chi connectivity index (χ4n) is 1.56. The van der Waals surface area contributed by atoms with Crippen LogP contribution in [0.5, 0.6) is 0 Å². The molecule has 0 aliphatic heterocycles. The van der Waals surface area contributed by atoms with Crippen LogP contribution in [0.3, 0.4) is 0 Å². The fourth-order valence-corrected chi connectivity index (χ4v) is 1.56. The highest BCUT2D eigenvalue weighted by Gasteiger charge is 2.14. The first-order chi connectivity index (χ1) is 8.01. The van der Waals surface area contributed by atoms with E-state index < -0.39 is 11.2 Å². The maximum Gasteiger partial charge on any atom is 0.328 e. The number of rotatable bonds is 5. The molecular weight excluding hydrogens is 224 g/mol. The minimum absolute atomic E-state index is 0.119. The average Bonchev–Trinajstić information content (AvgIpc) is 2.24. The van der Waals surface area contributed by atoms with Crippen LogP contribution in [0.1, 0.15) is 19.5 Å². The Morgan fingerprint density at radius 2 is 2.06 bits per heavy atom. The van der Waals surface area contributed by atoms with E-state index in [0.717, 1.165) is 4.57 Å². The molecular formula is C10H16N4O3. The van der Waals surface area contributed by atoms with E-state index in [4.69, 9.17) is 5.73 Å². The monoisotopic (exact) mass is 240 g/mol. The summed E-state index contributed by atoms with van der Waals surface area (Å²) in [4.78, 5) is 36.6. The van der Waals surface area contributed by atoms with Crippen LogP contribution in [-0.4, -0.2) is 16.1 Å². The molecule has 0 saturated heterocycles. The van der Waals surface area contributed by atoms with Gasteiger partial charge in [-0.3, -0.25) is 9.36 Å². The summed E-state index contributed by atoms with van der Waals surface area (Å²) in [6.45, 7) is 4.22. The molecule has 0 radical (unpaired) electrons. The van der Waals surface area contributed by atoms with E-state index in [1.54, 1.807) is 0 Å². The van der Waals surface area contributed by atoms with Gasteiger partial charge in [-0.05, 0) is 17.6 Å². The summed E-state index contributed by atoms with van der Waals surface area (Å²) < 4.78 is 0.988. The Morgan fingerprint density at radius 1 is 1.41 bits per heavy atom. The van der Waals surface area contributed by atoms with Crippen molar-refractivity contribution in [2.75, 3.05) is 6.54 Å². The summed E-state index contributed by atoms with van der Waals surface area (Å²) in [5.41, 5.74) is 4.10. The number of H-pyrrole nitrogens is 1. The molecule has 1 aromatic heterocycles. The molecule has 0 fully saturated rings. The first-order valence-corrected chi connectivity index (χ1v) is 5.40. The molecule has 94 valence electrons. The molecule has 0 amide bonds. The van der Waals surface area contributed by atoms with Crippen molar-refractivity contribution in [2.24, 2.45) is 16.8 Å². The van der Waals surface area contributed by atoms with Gasteiger partial charge in [0, 0.05) is 13.0 Å². The van der Waals surface area contributed by atoms with E-state index in [0.29, 0.717) is 0 Å². The van der Waals surface area contributed by atoms with Gasteiger partial charge in [0.25, 0.3) is 5.56 Å². The zero-order valence-corrected chi connectivity index (χ0v) is 9.90. The predicted molar refractivity (Wildman–Crippen MR) is 64.4 cm³/mol. The summed E-state index contributed by atoms with van der Waals surface area (Å²) in [6, 6.07) is 0. The van der Waals surface area contributed by atoms with Gasteiger partial charge in [-0.1, -0.05) is 13.8 Å². The van der Waals surface area contributed by atoms with Gasteiger partial charge in [0.05, 0.1) is 5.69 Å². The molecule has 0 aliphatic rings. The summed E-state index contributed by atoms with van der Waals surface area (Å²) in [5.74, 6) is 0.119. The predicted octanol–water partition coefficient (Wildman–Crippen LogP) is 0.0917. The molecule has 1 heterocycles. The molecule has 0 aromatic carbocycles. The second kappa shape index (κ2) is 5.53. The zero-order chi connectivity index (χ0) is 13.0. The van der Waals surface area contributed by atoms with E-state index in [1.165, 1.54) is 0 Å². The third-order valence-corrected chi connectivity index (χ3v) is 2.27. The summed E-state index contributed by atoms with van der Waals surface area (Å²) in [5, 5.41) is 2.69. The molecule has 0 aliphatic carbocycles. The van der Waals surface area contributed by atoms with Crippen molar-refractivity contribution >= 4 is 5.69 Å². The van der Waals surface area contributed by atoms with Crippen molar-refractivity contribution in [1.82, 2.24) is 9.55 Å². The Kier molecular flexibility index (Phi) is 4.33. The number of nitrogens with zero attached hydrogens (tertiary/aromatic N) is 2. The van der Waals surface area contributed by atoms with Crippen LogP contribution in [0.4, 0.5) is 5.69 Å². The Hall–Kier alpha value is -1.76. The van der Waals surface area contributed by atoms with Crippen molar-refractivity contribution in [1.29, 1.82) is 0 Å². The van der Waals surface area contributed by atoms with E-state index in [1.807, 2.05) is 13.8 Å². The number of nitroso groups, excluding NO2 is 1. The van der Waals surface area contributed by atoms with E-state index in [9.17, 15) is 14.5 Å². The van der Waals surface area contributed by atoms with Crippen LogP contribution in [-0.2, 0) is 13.0 Å². The standard InChI is InChI=1S/C10H16N4O3/c1-6(2)5-14-9(15)8(13-17)7(3-4-11)12-10(14)16/h6H,3-5,11H2,1-2H3,(H,12,16). The first-order valence-electron chi connectivity index (χ1n) is 5.40. The number of hydrogen-bond acceptors (Lipinski definition) is 5. The molecule has 3 N–H and O–H groups in total. The van der Waals surface area contributed by atoms with E-state index in [-0.39, 0.29) is 36.8 Å². The molecule has 0 unspecified atom stereocenters. The highest BCUT2D eigenvalue weighted by molar-refractivity contribution is 5.39. The fraction of sp³-hybridized carbons (Fsp3) is 0.600. The lowest BCUT2D eigenvalue weighted by atomic mass is 10.2. The highest BCUT2D eigenvalue weighted by atomic mass is 16.3. The number of aromatic amines is 1. The van der Waals surface area contributed by atoms with Crippen LogP contribution in [0, 0.1) is 10.8 Å². The normalized spacial score (nSPS) is 10.8. The second-order valence-corrected chi connectivity index (χ2v) is 4.20. The molecule has 1 rings (SSSR count). The summed E-state index contributed by atoms with van der Waals surface area (Å²) in [6.07, 6.45) is 0.244. The largest absolute Gasteiger partial charge is 0.330 e. The van der Waals surface area contributed by atoms with Gasteiger partial charge < -0.3 is 10.7 Å². The lowest BCUT2D eigenvalue weighted by molar-refractivity contribution is 0.491. The Morgan fingerprint density at radius 3 is 2.53 bits per heavy atom. The number of nitrogens with two attached hydrogens (primary N) is 1. The van der Waals surface area contributed by atoms with Gasteiger partial charge in [0.2, 0.25) is 0 Å². The Balaban J connectivity index is 3.41. The third-order valence-electron chi connectivity index (χ3n) is 2.27. The van der Waals surface area contributed by atoms with Crippen molar-refractivity contribution in [3.05, 3.63) is 31.4 Å². The molecule has 0 atom stereocenters. The zero-order valence-electron chi connectivity index (χ0n) is 9.90. The van der Waals surface area contributed by atoms with Gasteiger partial charge in [0.1, 0.15) is 0 Å². The molecule has 0 saturated carbocycles. The van der Waals surface area contributed by atoms with Gasteiger partial charge in [-0.25, -0.2) is 4.79 Å². The smallest absolute Gasteiger partial charge is 0.328 e. The second-order valence-electron chi connectivity index (χ2n) is 4.20. The van der Waals surface area contributed by atoms with Crippen LogP contribution in [0.15, 0.2) is 14.8 Å². The quantitative estimate of drug-likeness (QED) is 0.710. The topological polar surface area (TPSA) is 110 Å². The van der Waals surface area contributed by atoms with Crippen LogP contribution < -0.4 is 17.0 Å². The number of hydrogen-bond donors (Lipinski definition) is 2. The average molecular weight is 240 g/mol. The molecule has 0 bridgehead atoms.